The van der Waals surface area contributed by atoms with Crippen molar-refractivity contribution in [2.75, 3.05) is 27.1 Å². The van der Waals surface area contributed by atoms with E-state index in [1.165, 1.54) is 64.9 Å². The van der Waals surface area contributed by atoms with Gasteiger partial charge in [0.05, 0.1) is 51.8 Å². The average molecular weight is 998 g/mol. The van der Waals surface area contributed by atoms with Crippen molar-refractivity contribution in [3.05, 3.63) is 144 Å². The second kappa shape index (κ2) is 34.3. The Balaban J connectivity index is 1.37. The van der Waals surface area contributed by atoms with Crippen LogP contribution in [0.15, 0.2) is 121 Å². The van der Waals surface area contributed by atoms with Crippen LogP contribution in [0.1, 0.15) is 140 Å². The first-order valence-electron chi connectivity index (χ1n) is 26.8. The molecule has 0 bridgehead atoms. The summed E-state index contributed by atoms with van der Waals surface area (Å²) in [4.78, 5) is 13.5. The molecule has 0 unspecified atom stereocenters. The van der Waals surface area contributed by atoms with Crippen LogP contribution in [0.4, 0.5) is 4.79 Å². The highest BCUT2D eigenvalue weighted by Gasteiger charge is 2.49. The molecule has 0 radical (unpaired) electrons. The summed E-state index contributed by atoms with van der Waals surface area (Å²) in [5, 5.41) is 14.9. The number of hydrogen-bond acceptors (Lipinski definition) is 11. The van der Waals surface area contributed by atoms with Gasteiger partial charge in [0.2, 0.25) is 0 Å². The molecule has 8 atom stereocenters. The molecule has 0 aliphatic carbocycles. The molecule has 398 valence electrons. The van der Waals surface area contributed by atoms with Gasteiger partial charge in [-0.05, 0) is 55.9 Å². The predicted octanol–water partition coefficient (Wildman–Crippen LogP) is 12.4. The van der Waals surface area contributed by atoms with Gasteiger partial charge in [0.1, 0.15) is 42.9 Å². The number of amides is 1. The van der Waals surface area contributed by atoms with Crippen molar-refractivity contribution in [3.63, 3.8) is 0 Å². The molecule has 1 saturated heterocycles. The molecular weight excluding hydrogens is 911 g/mol. The SMILES string of the molecule is CCCCCCCCCCCCCC[C@H](O)[C@@H](OCOC)[C@@H](CCO[C@H]1O[C@H](COCc2ccccc2)[C@H](OCc2ccccc2)[C@H](OCc2ccccc2)[C@H]1OCc1ccccc1)NC(=O)OC(C)(C)C. The molecule has 2 N–H and O–H groups in total. The first kappa shape index (κ1) is 58.7. The van der Waals surface area contributed by atoms with Gasteiger partial charge in [-0.25, -0.2) is 4.79 Å². The summed E-state index contributed by atoms with van der Waals surface area (Å²) in [6.07, 6.45) is 9.20. The van der Waals surface area contributed by atoms with E-state index < -0.39 is 60.6 Å². The number of alkyl carbamates (subject to hydrolysis) is 1. The minimum atomic E-state index is -0.970. The molecule has 0 spiro atoms. The van der Waals surface area contributed by atoms with Gasteiger partial charge < -0.3 is 53.1 Å². The highest BCUT2D eigenvalue weighted by Crippen LogP contribution is 2.32. The normalized spacial score (nSPS) is 19.4. The third kappa shape index (κ3) is 22.9. The van der Waals surface area contributed by atoms with Crippen LogP contribution in [0, 0.1) is 0 Å². The molecular formula is C60H87NO11. The number of nitrogens with one attached hydrogen (secondary N) is 1. The quantitative estimate of drug-likeness (QED) is 0.0333. The Morgan fingerprint density at radius 1 is 0.597 bits per heavy atom. The van der Waals surface area contributed by atoms with Gasteiger partial charge >= 0.3 is 6.09 Å². The van der Waals surface area contributed by atoms with Crippen LogP contribution >= 0.6 is 0 Å². The van der Waals surface area contributed by atoms with Crippen molar-refractivity contribution < 1.29 is 52.5 Å². The van der Waals surface area contributed by atoms with Crippen molar-refractivity contribution >= 4 is 6.09 Å². The van der Waals surface area contributed by atoms with Gasteiger partial charge in [-0.15, -0.1) is 0 Å². The molecule has 72 heavy (non-hydrogen) atoms. The predicted molar refractivity (Wildman–Crippen MR) is 282 cm³/mol. The molecule has 1 aliphatic heterocycles. The molecule has 5 rings (SSSR count). The molecule has 1 heterocycles. The van der Waals surface area contributed by atoms with Crippen LogP contribution in [0.2, 0.25) is 0 Å². The largest absolute Gasteiger partial charge is 0.444 e. The highest BCUT2D eigenvalue weighted by atomic mass is 16.7. The zero-order valence-corrected chi connectivity index (χ0v) is 44.0. The Morgan fingerprint density at radius 2 is 1.06 bits per heavy atom. The second-order valence-electron chi connectivity index (χ2n) is 20.0. The summed E-state index contributed by atoms with van der Waals surface area (Å²) in [5.41, 5.74) is 3.22. The number of benzene rings is 4. The summed E-state index contributed by atoms with van der Waals surface area (Å²) >= 11 is 0. The number of rotatable bonds is 36. The molecule has 0 saturated carbocycles. The molecule has 0 aromatic heterocycles. The third-order valence-electron chi connectivity index (χ3n) is 12.8. The number of aliphatic hydroxyl groups is 1. The van der Waals surface area contributed by atoms with E-state index in [1.54, 1.807) is 0 Å². The highest BCUT2D eigenvalue weighted by molar-refractivity contribution is 5.68. The number of carbonyl (C=O) groups excluding carboxylic acids is 1. The fourth-order valence-electron chi connectivity index (χ4n) is 8.97. The number of carbonyl (C=O) groups is 1. The van der Waals surface area contributed by atoms with E-state index in [-0.39, 0.29) is 39.6 Å². The smallest absolute Gasteiger partial charge is 0.407 e. The molecule has 1 fully saturated rings. The van der Waals surface area contributed by atoms with Crippen LogP contribution in [0.3, 0.4) is 0 Å². The average Bonchev–Trinajstić information content (AvgIpc) is 3.38. The van der Waals surface area contributed by atoms with Crippen LogP contribution in [-0.2, 0) is 69.1 Å². The van der Waals surface area contributed by atoms with E-state index in [9.17, 15) is 9.90 Å². The van der Waals surface area contributed by atoms with Crippen LogP contribution in [-0.4, -0.2) is 92.9 Å². The topological polar surface area (TPSA) is 132 Å². The number of hydrogen-bond donors (Lipinski definition) is 2. The lowest BCUT2D eigenvalue weighted by atomic mass is 9.96. The monoisotopic (exact) mass is 998 g/mol. The summed E-state index contributed by atoms with van der Waals surface area (Å²) in [7, 11) is 1.54. The van der Waals surface area contributed by atoms with Gasteiger partial charge in [0.25, 0.3) is 0 Å². The second-order valence-corrected chi connectivity index (χ2v) is 20.0. The molecule has 12 heteroatoms. The lowest BCUT2D eigenvalue weighted by Gasteiger charge is -2.46. The van der Waals surface area contributed by atoms with Crippen LogP contribution < -0.4 is 5.32 Å². The summed E-state index contributed by atoms with van der Waals surface area (Å²) in [6.45, 7) is 9.07. The van der Waals surface area contributed by atoms with E-state index >= 15 is 0 Å². The number of methoxy groups -OCH3 is 1. The van der Waals surface area contributed by atoms with Crippen molar-refractivity contribution in [2.24, 2.45) is 0 Å². The van der Waals surface area contributed by atoms with Crippen molar-refractivity contribution in [1.29, 1.82) is 0 Å². The number of aliphatic hydroxyl groups excluding tert-OH is 1. The number of unbranched alkanes of at least 4 members (excludes halogenated alkanes) is 11. The first-order valence-corrected chi connectivity index (χ1v) is 26.8. The Bertz CT molecular complexity index is 1950. The summed E-state index contributed by atoms with van der Waals surface area (Å²) in [6, 6.07) is 39.3. The first-order chi connectivity index (χ1) is 35.1. The van der Waals surface area contributed by atoms with E-state index in [4.69, 9.17) is 42.6 Å². The van der Waals surface area contributed by atoms with Gasteiger partial charge in [-0.2, -0.15) is 0 Å². The zero-order chi connectivity index (χ0) is 51.1. The van der Waals surface area contributed by atoms with Gasteiger partial charge in [0.15, 0.2) is 6.29 Å². The minimum Gasteiger partial charge on any atom is -0.444 e. The minimum absolute atomic E-state index is 0.0764. The van der Waals surface area contributed by atoms with Gasteiger partial charge in [0, 0.05) is 7.11 Å². The van der Waals surface area contributed by atoms with Crippen molar-refractivity contribution in [2.45, 2.75) is 199 Å². The van der Waals surface area contributed by atoms with Crippen LogP contribution in [0.25, 0.3) is 0 Å². The summed E-state index contributed by atoms with van der Waals surface area (Å²) < 4.78 is 58.1. The van der Waals surface area contributed by atoms with E-state index in [2.05, 4.69) is 12.2 Å². The molecule has 12 nitrogen and oxygen atoms in total. The maximum absolute atomic E-state index is 13.5. The lowest BCUT2D eigenvalue weighted by Crippen LogP contribution is -2.62. The van der Waals surface area contributed by atoms with Crippen molar-refractivity contribution in [3.8, 4) is 0 Å². The van der Waals surface area contributed by atoms with Crippen molar-refractivity contribution in [1.82, 2.24) is 5.32 Å². The molecule has 1 amide bonds. The lowest BCUT2D eigenvalue weighted by molar-refractivity contribution is -0.328. The standard InChI is InChI=1S/C60H87NO11/c1-6-7-8-9-10-11-12-13-14-15-16-29-38-52(62)54(70-46-64-5)51(61-59(63)72-60(2,3)4)39-40-66-58-57(69-44-50-36-27-20-28-37-50)56(68-43-49-34-25-19-26-35-49)55(67-42-48-32-23-18-24-33-48)53(71-58)45-65-41-47-30-21-17-22-31-47/h17-28,30-37,51-58,62H,6-16,29,38-46H2,1-5H3,(H,61,63)/t51-,52+,53-,54+,55+,56+,57-,58+/m1/s1. The molecule has 1 aliphatic rings. The van der Waals surface area contributed by atoms with E-state index in [0.717, 1.165) is 41.5 Å². The third-order valence-corrected chi connectivity index (χ3v) is 12.8. The Labute approximate surface area is 431 Å². The fourth-order valence-corrected chi connectivity index (χ4v) is 8.97. The molecule has 4 aromatic rings. The fraction of sp³-hybridized carbons (Fsp3) is 0.583. The number of ether oxygens (including phenoxy) is 9. The van der Waals surface area contributed by atoms with Gasteiger partial charge in [-0.1, -0.05) is 205 Å². The van der Waals surface area contributed by atoms with Gasteiger partial charge in [-0.3, -0.25) is 0 Å². The van der Waals surface area contributed by atoms with E-state index in [0.29, 0.717) is 19.6 Å². The maximum atomic E-state index is 13.5. The maximum Gasteiger partial charge on any atom is 0.407 e. The zero-order valence-electron chi connectivity index (χ0n) is 44.0. The Hall–Kier alpha value is -4.21. The molecule has 4 aromatic carbocycles. The van der Waals surface area contributed by atoms with Crippen LogP contribution in [0.5, 0.6) is 0 Å². The van der Waals surface area contributed by atoms with E-state index in [1.807, 2.05) is 142 Å². The summed E-state index contributed by atoms with van der Waals surface area (Å²) in [5.74, 6) is 0. The Kier molecular flexibility index (Phi) is 28.0. The Morgan fingerprint density at radius 3 is 1.54 bits per heavy atom.